The average molecular weight is 334 g/mol. The number of hydrogen-bond donors (Lipinski definition) is 1. The molecule has 0 bridgehead atoms. The van der Waals surface area contributed by atoms with Crippen LogP contribution in [0.5, 0.6) is 0 Å². The lowest BCUT2D eigenvalue weighted by Crippen LogP contribution is -2.43. The normalized spacial score (nSPS) is 20.9. The van der Waals surface area contributed by atoms with Crippen molar-refractivity contribution in [2.75, 3.05) is 26.3 Å². The largest absolute Gasteiger partial charge is 0.464 e. The van der Waals surface area contributed by atoms with Crippen molar-refractivity contribution in [1.82, 2.24) is 10.2 Å². The third-order valence-corrected chi connectivity index (χ3v) is 4.62. The van der Waals surface area contributed by atoms with Crippen LogP contribution in [0.4, 0.5) is 0 Å². The standard InChI is InChI=1S/C18H26N2O4/c1-2-14-7-8-16(24-14)15-12-23-11-10-20(15)17(21)4-3-9-19-18(22)13-5-6-13/h7-8,13,15H,2-6,9-12H2,1H3,(H,19,22). The zero-order valence-electron chi connectivity index (χ0n) is 14.3. The Morgan fingerprint density at radius 1 is 1.33 bits per heavy atom. The van der Waals surface area contributed by atoms with Gasteiger partial charge in [-0.2, -0.15) is 0 Å². The lowest BCUT2D eigenvalue weighted by molar-refractivity contribution is -0.141. The summed E-state index contributed by atoms with van der Waals surface area (Å²) in [6, 6.07) is 3.75. The fourth-order valence-electron chi connectivity index (χ4n) is 2.99. The predicted octanol–water partition coefficient (Wildman–Crippen LogP) is 2.05. The van der Waals surface area contributed by atoms with E-state index in [0.717, 1.165) is 30.8 Å². The number of carbonyl (C=O) groups is 2. The Hall–Kier alpha value is -1.82. The Morgan fingerprint density at radius 3 is 2.88 bits per heavy atom. The van der Waals surface area contributed by atoms with Crippen LogP contribution in [-0.2, 0) is 20.7 Å². The fraction of sp³-hybridized carbons (Fsp3) is 0.667. The number of carbonyl (C=O) groups excluding carboxylic acids is 2. The summed E-state index contributed by atoms with van der Waals surface area (Å²) in [6.45, 7) is 4.22. The molecule has 2 aliphatic rings. The highest BCUT2D eigenvalue weighted by molar-refractivity contribution is 5.81. The molecule has 2 amide bonds. The molecule has 3 rings (SSSR count). The topological polar surface area (TPSA) is 71.8 Å². The van der Waals surface area contributed by atoms with Gasteiger partial charge in [-0.1, -0.05) is 6.92 Å². The molecule has 2 fully saturated rings. The molecule has 1 unspecified atom stereocenters. The van der Waals surface area contributed by atoms with Crippen LogP contribution in [0.1, 0.15) is 50.2 Å². The maximum absolute atomic E-state index is 12.6. The van der Waals surface area contributed by atoms with E-state index in [4.69, 9.17) is 9.15 Å². The Morgan fingerprint density at radius 2 is 2.17 bits per heavy atom. The molecule has 1 aliphatic heterocycles. The van der Waals surface area contributed by atoms with E-state index >= 15 is 0 Å². The van der Waals surface area contributed by atoms with Gasteiger partial charge in [0.1, 0.15) is 17.6 Å². The third-order valence-electron chi connectivity index (χ3n) is 4.62. The van der Waals surface area contributed by atoms with Gasteiger partial charge in [-0.3, -0.25) is 9.59 Å². The molecule has 1 saturated heterocycles. The summed E-state index contributed by atoms with van der Waals surface area (Å²) in [6.07, 6.45) is 3.94. The number of nitrogens with zero attached hydrogens (tertiary/aromatic N) is 1. The minimum Gasteiger partial charge on any atom is -0.464 e. The number of ether oxygens (including phenoxy) is 1. The average Bonchev–Trinajstić information content (AvgIpc) is 3.36. The predicted molar refractivity (Wildman–Crippen MR) is 88.3 cm³/mol. The summed E-state index contributed by atoms with van der Waals surface area (Å²) in [4.78, 5) is 26.0. The molecule has 2 heterocycles. The van der Waals surface area contributed by atoms with Gasteiger partial charge < -0.3 is 19.4 Å². The molecule has 1 aliphatic carbocycles. The van der Waals surface area contributed by atoms with E-state index in [1.807, 2.05) is 24.0 Å². The minimum atomic E-state index is -0.146. The van der Waals surface area contributed by atoms with Crippen LogP contribution < -0.4 is 5.32 Å². The van der Waals surface area contributed by atoms with Gasteiger partial charge in [-0.15, -0.1) is 0 Å². The number of furan rings is 1. The molecule has 24 heavy (non-hydrogen) atoms. The van der Waals surface area contributed by atoms with E-state index in [9.17, 15) is 9.59 Å². The highest BCUT2D eigenvalue weighted by atomic mass is 16.5. The lowest BCUT2D eigenvalue weighted by atomic mass is 10.1. The molecule has 6 nitrogen and oxygen atoms in total. The van der Waals surface area contributed by atoms with E-state index in [-0.39, 0.29) is 23.8 Å². The van der Waals surface area contributed by atoms with Crippen LogP contribution in [0.25, 0.3) is 0 Å². The third kappa shape index (κ3) is 4.17. The second-order valence-electron chi connectivity index (χ2n) is 6.50. The Labute approximate surface area is 142 Å². The Kier molecular flexibility index (Phi) is 5.56. The SMILES string of the molecule is CCc1ccc(C2COCCN2C(=O)CCCNC(=O)C2CC2)o1. The molecule has 0 spiro atoms. The summed E-state index contributed by atoms with van der Waals surface area (Å²) in [5.74, 6) is 2.16. The van der Waals surface area contributed by atoms with Crippen molar-refractivity contribution in [3.8, 4) is 0 Å². The summed E-state index contributed by atoms with van der Waals surface area (Å²) in [5.41, 5.74) is 0. The quantitative estimate of drug-likeness (QED) is 0.775. The van der Waals surface area contributed by atoms with E-state index in [0.29, 0.717) is 39.1 Å². The van der Waals surface area contributed by atoms with Gasteiger partial charge in [-0.05, 0) is 31.4 Å². The van der Waals surface area contributed by atoms with Crippen LogP contribution in [-0.4, -0.2) is 43.0 Å². The van der Waals surface area contributed by atoms with Gasteiger partial charge in [0.05, 0.1) is 13.2 Å². The highest BCUT2D eigenvalue weighted by Gasteiger charge is 2.31. The minimum absolute atomic E-state index is 0.0958. The molecule has 1 N–H and O–H groups in total. The number of aryl methyl sites for hydroxylation is 1. The van der Waals surface area contributed by atoms with E-state index in [1.54, 1.807) is 0 Å². The van der Waals surface area contributed by atoms with Crippen LogP contribution >= 0.6 is 0 Å². The molecule has 0 aromatic carbocycles. The Bertz CT molecular complexity index is 579. The van der Waals surface area contributed by atoms with Gasteiger partial charge in [0.15, 0.2) is 0 Å². The van der Waals surface area contributed by atoms with Crippen LogP contribution in [0.15, 0.2) is 16.5 Å². The lowest BCUT2D eigenvalue weighted by Gasteiger charge is -2.34. The second kappa shape index (κ2) is 7.83. The van der Waals surface area contributed by atoms with Crippen molar-refractivity contribution < 1.29 is 18.7 Å². The summed E-state index contributed by atoms with van der Waals surface area (Å²) < 4.78 is 11.4. The van der Waals surface area contributed by atoms with Crippen LogP contribution in [0.2, 0.25) is 0 Å². The molecule has 1 aromatic rings. The van der Waals surface area contributed by atoms with E-state index in [1.165, 1.54) is 0 Å². The van der Waals surface area contributed by atoms with E-state index < -0.39 is 0 Å². The van der Waals surface area contributed by atoms with Gasteiger partial charge in [-0.25, -0.2) is 0 Å². The number of rotatable bonds is 7. The maximum atomic E-state index is 12.6. The van der Waals surface area contributed by atoms with Crippen molar-refractivity contribution in [3.05, 3.63) is 23.7 Å². The van der Waals surface area contributed by atoms with Gasteiger partial charge in [0, 0.05) is 31.8 Å². The molecule has 1 saturated carbocycles. The molecular formula is C18H26N2O4. The first-order chi connectivity index (χ1) is 11.7. The molecule has 0 radical (unpaired) electrons. The van der Waals surface area contributed by atoms with Crippen molar-refractivity contribution in [3.63, 3.8) is 0 Å². The molecular weight excluding hydrogens is 308 g/mol. The first-order valence-corrected chi connectivity index (χ1v) is 8.92. The molecule has 132 valence electrons. The van der Waals surface area contributed by atoms with Crippen LogP contribution in [0.3, 0.4) is 0 Å². The summed E-state index contributed by atoms with van der Waals surface area (Å²) in [5, 5.41) is 2.90. The smallest absolute Gasteiger partial charge is 0.223 e. The number of nitrogens with one attached hydrogen (secondary N) is 1. The number of amides is 2. The van der Waals surface area contributed by atoms with Crippen molar-refractivity contribution in [2.24, 2.45) is 5.92 Å². The summed E-state index contributed by atoms with van der Waals surface area (Å²) >= 11 is 0. The first-order valence-electron chi connectivity index (χ1n) is 8.92. The Balaban J connectivity index is 1.50. The second-order valence-corrected chi connectivity index (χ2v) is 6.50. The number of hydrogen-bond acceptors (Lipinski definition) is 4. The van der Waals surface area contributed by atoms with Gasteiger partial charge in [0.25, 0.3) is 0 Å². The van der Waals surface area contributed by atoms with Crippen molar-refractivity contribution >= 4 is 11.8 Å². The maximum Gasteiger partial charge on any atom is 0.223 e. The number of morpholine rings is 1. The van der Waals surface area contributed by atoms with Gasteiger partial charge >= 0.3 is 0 Å². The monoisotopic (exact) mass is 334 g/mol. The summed E-state index contributed by atoms with van der Waals surface area (Å²) in [7, 11) is 0. The molecule has 1 atom stereocenters. The van der Waals surface area contributed by atoms with Gasteiger partial charge in [0.2, 0.25) is 11.8 Å². The van der Waals surface area contributed by atoms with Crippen LogP contribution in [0, 0.1) is 5.92 Å². The molecule has 6 heteroatoms. The van der Waals surface area contributed by atoms with Crippen molar-refractivity contribution in [2.45, 2.75) is 45.1 Å². The molecule has 1 aromatic heterocycles. The fourth-order valence-corrected chi connectivity index (χ4v) is 2.99. The zero-order valence-corrected chi connectivity index (χ0v) is 14.3. The first kappa shape index (κ1) is 17.0. The zero-order chi connectivity index (χ0) is 16.9. The van der Waals surface area contributed by atoms with Crippen molar-refractivity contribution in [1.29, 1.82) is 0 Å². The van der Waals surface area contributed by atoms with E-state index in [2.05, 4.69) is 5.32 Å². The highest BCUT2D eigenvalue weighted by Crippen LogP contribution is 2.29.